The van der Waals surface area contributed by atoms with E-state index in [0.717, 1.165) is 26.1 Å². The Hall–Kier alpha value is -1.82. The first kappa shape index (κ1) is 23.3. The van der Waals surface area contributed by atoms with Crippen LogP contribution in [0.4, 0.5) is 4.79 Å². The number of ether oxygens (including phenoxy) is 1. The first-order valence-electron chi connectivity index (χ1n) is 11.2. The Bertz CT molecular complexity index is 820. The molecule has 11 heteroatoms. The Morgan fingerprint density at radius 3 is 2.81 bits per heavy atom. The van der Waals surface area contributed by atoms with Gasteiger partial charge < -0.3 is 30.5 Å². The molecule has 0 radical (unpaired) electrons. The van der Waals surface area contributed by atoms with Crippen LogP contribution in [-0.2, 0) is 14.3 Å². The number of aliphatic hydroxyl groups excluding tert-OH is 1. The van der Waals surface area contributed by atoms with Crippen LogP contribution in [0.1, 0.15) is 26.7 Å². The molecule has 4 aliphatic rings. The van der Waals surface area contributed by atoms with E-state index in [1.165, 1.54) is 16.7 Å². The number of thioether (sulfide) groups is 1. The normalized spacial score (nSPS) is 35.2. The molecule has 3 fully saturated rings. The summed E-state index contributed by atoms with van der Waals surface area (Å²) in [6.45, 7) is 6.57. The van der Waals surface area contributed by atoms with Crippen LogP contribution in [0.2, 0.25) is 0 Å². The fraction of sp³-hybridized carbons (Fsp3) is 0.762. The second kappa shape index (κ2) is 9.20. The van der Waals surface area contributed by atoms with E-state index in [2.05, 4.69) is 10.6 Å². The summed E-state index contributed by atoms with van der Waals surface area (Å²) in [5.74, 6) is -0.359. The van der Waals surface area contributed by atoms with E-state index >= 15 is 0 Å². The van der Waals surface area contributed by atoms with Gasteiger partial charge in [-0.3, -0.25) is 14.5 Å². The van der Waals surface area contributed by atoms with Gasteiger partial charge in [0.2, 0.25) is 17.7 Å². The van der Waals surface area contributed by atoms with Crippen molar-refractivity contribution in [3.8, 4) is 0 Å². The van der Waals surface area contributed by atoms with Gasteiger partial charge >= 0.3 is 6.16 Å². The van der Waals surface area contributed by atoms with Gasteiger partial charge in [0.1, 0.15) is 0 Å². The molecule has 0 bridgehead atoms. The highest BCUT2D eigenvalue weighted by Gasteiger charge is 2.60. The largest absolute Gasteiger partial charge is 0.512 e. The molecule has 7 atom stereocenters. The van der Waals surface area contributed by atoms with E-state index in [9.17, 15) is 24.6 Å². The minimum atomic E-state index is -1.47. The van der Waals surface area contributed by atoms with Crippen molar-refractivity contribution in [3.05, 3.63) is 10.8 Å². The number of carboxylic acid groups (broad SMARTS) is 1. The number of β-lactam (4-membered cyclic amide) rings is 1. The molecule has 3 saturated heterocycles. The number of fused-ring (bicyclic) bond motifs is 1. The van der Waals surface area contributed by atoms with Gasteiger partial charge in [0, 0.05) is 30.8 Å². The summed E-state index contributed by atoms with van der Waals surface area (Å²) in [6, 6.07) is -0.564. The molecule has 2 amide bonds. The van der Waals surface area contributed by atoms with E-state index in [4.69, 9.17) is 4.74 Å². The number of carbonyl (C=O) groups is 3. The highest BCUT2D eigenvalue weighted by Crippen LogP contribution is 2.52. The maximum absolute atomic E-state index is 13.0. The van der Waals surface area contributed by atoms with Gasteiger partial charge in [0.25, 0.3) is 0 Å². The number of carbonyl (C=O) groups excluding carboxylic acids is 2. The topological polar surface area (TPSA) is 131 Å². The summed E-state index contributed by atoms with van der Waals surface area (Å²) in [4.78, 5) is 40.8. The number of hydrogen-bond donors (Lipinski definition) is 4. The summed E-state index contributed by atoms with van der Waals surface area (Å²) in [7, 11) is 1.92. The maximum atomic E-state index is 13.0. The quantitative estimate of drug-likeness (QED) is 0.306. The monoisotopic (exact) mass is 468 g/mol. The standard InChI is InChI=1S/C21H32N4O6S/c1-10-16-15(11(2)26)19(28)25(16)20(31-21(29)30)17(10)32-13-6-14(23-8-13)18(27)24-5-4-12(9-24)7-22-3/h10-16,22-23,26H,4-9H2,1-3H3,(H,29,30)/t10-,11-,12-,13+,14+,15-,16-/m1/s1. The Balaban J connectivity index is 1.42. The van der Waals surface area contributed by atoms with Gasteiger partial charge in [-0.15, -0.1) is 11.8 Å². The predicted octanol–water partition coefficient (Wildman–Crippen LogP) is 0.239. The first-order valence-corrected chi connectivity index (χ1v) is 12.1. The number of nitrogens with zero attached hydrogens (tertiary/aromatic N) is 2. The second-order valence-electron chi connectivity index (χ2n) is 9.22. The summed E-state index contributed by atoms with van der Waals surface area (Å²) < 4.78 is 5.02. The molecule has 4 aliphatic heterocycles. The van der Waals surface area contributed by atoms with Crippen molar-refractivity contribution in [2.45, 2.75) is 50.1 Å². The molecular weight excluding hydrogens is 436 g/mol. The molecule has 178 valence electrons. The number of aliphatic hydroxyl groups is 1. The van der Waals surface area contributed by atoms with Crippen molar-refractivity contribution >= 4 is 29.7 Å². The molecule has 0 aliphatic carbocycles. The van der Waals surface area contributed by atoms with Gasteiger partial charge in [0.05, 0.1) is 29.0 Å². The Morgan fingerprint density at radius 1 is 1.41 bits per heavy atom. The smallest absolute Gasteiger partial charge is 0.449 e. The number of rotatable bonds is 7. The molecule has 4 rings (SSSR count). The number of nitrogens with one attached hydrogen (secondary N) is 2. The highest BCUT2D eigenvalue weighted by molar-refractivity contribution is 8.03. The van der Waals surface area contributed by atoms with Crippen LogP contribution in [0, 0.1) is 17.8 Å². The van der Waals surface area contributed by atoms with Crippen LogP contribution in [0.15, 0.2) is 10.8 Å². The number of hydrogen-bond acceptors (Lipinski definition) is 8. The van der Waals surface area contributed by atoms with Gasteiger partial charge in [0.15, 0.2) is 0 Å². The van der Waals surface area contributed by atoms with Gasteiger partial charge in [-0.1, -0.05) is 6.92 Å². The molecule has 0 aromatic heterocycles. The summed E-state index contributed by atoms with van der Waals surface area (Å²) in [6.07, 6.45) is -0.648. The minimum Gasteiger partial charge on any atom is -0.449 e. The molecule has 10 nitrogen and oxygen atoms in total. The van der Waals surface area contributed by atoms with E-state index < -0.39 is 18.2 Å². The summed E-state index contributed by atoms with van der Waals surface area (Å²) in [5.41, 5.74) is 0. The van der Waals surface area contributed by atoms with Crippen LogP contribution in [-0.4, -0.2) is 94.6 Å². The second-order valence-corrected chi connectivity index (χ2v) is 10.6. The molecular formula is C21H32N4O6S. The molecule has 0 saturated carbocycles. The predicted molar refractivity (Wildman–Crippen MR) is 118 cm³/mol. The lowest BCUT2D eigenvalue weighted by Crippen LogP contribution is -2.63. The lowest BCUT2D eigenvalue weighted by Gasteiger charge is -2.45. The van der Waals surface area contributed by atoms with E-state index in [0.29, 0.717) is 23.8 Å². The molecule has 0 aromatic rings. The fourth-order valence-electron chi connectivity index (χ4n) is 5.47. The molecule has 4 heterocycles. The van der Waals surface area contributed by atoms with E-state index in [-0.39, 0.29) is 40.9 Å². The third kappa shape index (κ3) is 4.11. The maximum Gasteiger partial charge on any atom is 0.512 e. The zero-order valence-corrected chi connectivity index (χ0v) is 19.4. The molecule has 32 heavy (non-hydrogen) atoms. The Kier molecular flexibility index (Phi) is 6.71. The van der Waals surface area contributed by atoms with Crippen LogP contribution in [0.25, 0.3) is 0 Å². The summed E-state index contributed by atoms with van der Waals surface area (Å²) in [5, 5.41) is 25.8. The Labute approximate surface area is 191 Å². The van der Waals surface area contributed by atoms with Crippen molar-refractivity contribution in [1.82, 2.24) is 20.4 Å². The first-order chi connectivity index (χ1) is 15.2. The third-order valence-electron chi connectivity index (χ3n) is 7.02. The van der Waals surface area contributed by atoms with Crippen LogP contribution < -0.4 is 10.6 Å². The van der Waals surface area contributed by atoms with Gasteiger partial charge in [-0.05, 0) is 39.3 Å². The Morgan fingerprint density at radius 2 is 2.16 bits per heavy atom. The van der Waals surface area contributed by atoms with Crippen molar-refractivity contribution in [1.29, 1.82) is 0 Å². The molecule has 0 aromatic carbocycles. The fourth-order valence-corrected chi connectivity index (χ4v) is 6.89. The average Bonchev–Trinajstić information content (AvgIpc) is 3.42. The van der Waals surface area contributed by atoms with Crippen molar-refractivity contribution in [2.24, 2.45) is 17.8 Å². The van der Waals surface area contributed by atoms with Crippen LogP contribution in [0.5, 0.6) is 0 Å². The molecule has 0 spiro atoms. The van der Waals surface area contributed by atoms with E-state index in [1.807, 2.05) is 18.9 Å². The highest BCUT2D eigenvalue weighted by atomic mass is 32.2. The number of amides is 2. The van der Waals surface area contributed by atoms with Crippen molar-refractivity contribution in [2.75, 3.05) is 33.2 Å². The van der Waals surface area contributed by atoms with Gasteiger partial charge in [-0.2, -0.15) is 0 Å². The minimum absolute atomic E-state index is 0.0586. The third-order valence-corrected chi connectivity index (χ3v) is 8.51. The lowest BCUT2D eigenvalue weighted by atomic mass is 9.79. The number of likely N-dealkylation sites (tertiary alicyclic amines) is 1. The zero-order chi connectivity index (χ0) is 23.2. The molecule has 4 N–H and O–H groups in total. The van der Waals surface area contributed by atoms with Crippen LogP contribution in [0.3, 0.4) is 0 Å². The van der Waals surface area contributed by atoms with Gasteiger partial charge in [-0.25, -0.2) is 4.79 Å². The summed E-state index contributed by atoms with van der Waals surface area (Å²) >= 11 is 1.48. The SMILES string of the molecule is CNC[C@H]1CCN(C(=O)[C@@H]2C[C@H](SC3=C(OC(=O)O)N4C(=O)[C@H]([C@@H](C)O)[C@H]4[C@H]3C)CN2)C1. The zero-order valence-electron chi connectivity index (χ0n) is 18.6. The lowest BCUT2D eigenvalue weighted by molar-refractivity contribution is -0.163. The molecule has 0 unspecified atom stereocenters. The average molecular weight is 469 g/mol. The van der Waals surface area contributed by atoms with Crippen LogP contribution >= 0.6 is 11.8 Å². The van der Waals surface area contributed by atoms with Crippen molar-refractivity contribution in [3.63, 3.8) is 0 Å². The van der Waals surface area contributed by atoms with Crippen molar-refractivity contribution < 1.29 is 29.3 Å². The van der Waals surface area contributed by atoms with E-state index in [1.54, 1.807) is 6.92 Å².